The SMILES string of the molecule is N#CC(C#N)=NNc1cccc(C(=O)N2CCOCC2)c1. The van der Waals surface area contributed by atoms with Gasteiger partial charge in [-0.2, -0.15) is 15.6 Å². The van der Waals surface area contributed by atoms with Crippen molar-refractivity contribution in [3.8, 4) is 12.1 Å². The van der Waals surface area contributed by atoms with Crippen LogP contribution in [-0.4, -0.2) is 42.8 Å². The molecule has 0 unspecified atom stereocenters. The Labute approximate surface area is 122 Å². The van der Waals surface area contributed by atoms with E-state index in [2.05, 4.69) is 10.5 Å². The van der Waals surface area contributed by atoms with E-state index in [1.165, 1.54) is 0 Å². The van der Waals surface area contributed by atoms with Gasteiger partial charge >= 0.3 is 0 Å². The number of amides is 1. The highest BCUT2D eigenvalue weighted by Gasteiger charge is 2.18. The third-order valence-corrected chi connectivity index (χ3v) is 2.92. The fourth-order valence-electron chi connectivity index (χ4n) is 1.87. The summed E-state index contributed by atoms with van der Waals surface area (Å²) in [6.07, 6.45) is 0. The number of benzene rings is 1. The Kier molecular flexibility index (Phi) is 4.86. The van der Waals surface area contributed by atoms with Crippen molar-refractivity contribution in [1.29, 1.82) is 10.5 Å². The van der Waals surface area contributed by atoms with Crippen LogP contribution in [-0.2, 0) is 4.74 Å². The summed E-state index contributed by atoms with van der Waals surface area (Å²) in [4.78, 5) is 14.0. The number of nitriles is 2. The molecule has 1 heterocycles. The lowest BCUT2D eigenvalue weighted by molar-refractivity contribution is 0.0303. The number of hydrogen-bond donors (Lipinski definition) is 1. The summed E-state index contributed by atoms with van der Waals surface area (Å²) in [5.41, 5.74) is 3.37. The Morgan fingerprint density at radius 1 is 1.29 bits per heavy atom. The fourth-order valence-corrected chi connectivity index (χ4v) is 1.87. The average Bonchev–Trinajstić information content (AvgIpc) is 2.56. The molecule has 21 heavy (non-hydrogen) atoms. The first-order valence-corrected chi connectivity index (χ1v) is 6.35. The molecule has 106 valence electrons. The standard InChI is InChI=1S/C14H13N5O2/c15-9-13(10-16)18-17-12-3-1-2-11(8-12)14(20)19-4-6-21-7-5-19/h1-3,8,17H,4-7H2. The second-order valence-electron chi connectivity index (χ2n) is 4.28. The van der Waals surface area contributed by atoms with Gasteiger partial charge in [0, 0.05) is 18.7 Å². The molecular formula is C14H13N5O2. The number of carbonyl (C=O) groups is 1. The molecule has 1 fully saturated rings. The Bertz CT molecular complexity index is 619. The first-order chi connectivity index (χ1) is 10.2. The molecule has 0 aliphatic carbocycles. The van der Waals surface area contributed by atoms with Gasteiger partial charge in [-0.05, 0) is 18.2 Å². The van der Waals surface area contributed by atoms with Crippen molar-refractivity contribution in [2.24, 2.45) is 5.10 Å². The maximum Gasteiger partial charge on any atom is 0.254 e. The van der Waals surface area contributed by atoms with Crippen LogP contribution in [0.4, 0.5) is 5.69 Å². The zero-order valence-corrected chi connectivity index (χ0v) is 11.2. The van der Waals surface area contributed by atoms with Gasteiger partial charge in [-0.3, -0.25) is 10.2 Å². The molecule has 0 aromatic heterocycles. The van der Waals surface area contributed by atoms with Crippen molar-refractivity contribution >= 4 is 17.3 Å². The number of nitrogens with one attached hydrogen (secondary N) is 1. The molecule has 0 saturated carbocycles. The van der Waals surface area contributed by atoms with Crippen LogP contribution in [0.1, 0.15) is 10.4 Å². The number of rotatable bonds is 3. The van der Waals surface area contributed by atoms with Gasteiger partial charge in [0.2, 0.25) is 5.71 Å². The minimum atomic E-state index is -0.278. The lowest BCUT2D eigenvalue weighted by Gasteiger charge is -2.26. The number of ether oxygens (including phenoxy) is 1. The minimum Gasteiger partial charge on any atom is -0.378 e. The van der Waals surface area contributed by atoms with E-state index in [0.29, 0.717) is 37.6 Å². The second kappa shape index (κ2) is 7.04. The number of nitrogens with zero attached hydrogens (tertiary/aromatic N) is 4. The van der Waals surface area contributed by atoms with Crippen LogP contribution in [0.15, 0.2) is 29.4 Å². The highest BCUT2D eigenvalue weighted by molar-refractivity contribution is 6.10. The molecule has 0 bridgehead atoms. The van der Waals surface area contributed by atoms with Crippen LogP contribution in [0.3, 0.4) is 0 Å². The largest absolute Gasteiger partial charge is 0.378 e. The van der Waals surface area contributed by atoms with Crippen molar-refractivity contribution in [2.45, 2.75) is 0 Å². The summed E-state index contributed by atoms with van der Waals surface area (Å²) in [6, 6.07) is 10.1. The molecule has 7 nitrogen and oxygen atoms in total. The zero-order chi connectivity index (χ0) is 15.1. The third kappa shape index (κ3) is 3.78. The molecule has 0 spiro atoms. The van der Waals surface area contributed by atoms with Crippen LogP contribution in [0.2, 0.25) is 0 Å². The van der Waals surface area contributed by atoms with Crippen molar-refractivity contribution in [3.05, 3.63) is 29.8 Å². The molecule has 1 saturated heterocycles. The van der Waals surface area contributed by atoms with Crippen LogP contribution in [0, 0.1) is 22.7 Å². The van der Waals surface area contributed by atoms with Crippen molar-refractivity contribution < 1.29 is 9.53 Å². The van der Waals surface area contributed by atoms with E-state index in [-0.39, 0.29) is 11.6 Å². The molecule has 1 aliphatic heterocycles. The lowest BCUT2D eigenvalue weighted by Crippen LogP contribution is -2.40. The van der Waals surface area contributed by atoms with Gasteiger partial charge in [-0.15, -0.1) is 0 Å². The highest BCUT2D eigenvalue weighted by atomic mass is 16.5. The number of anilines is 1. The molecule has 1 aliphatic rings. The highest BCUT2D eigenvalue weighted by Crippen LogP contribution is 2.13. The number of morpholine rings is 1. The van der Waals surface area contributed by atoms with Gasteiger partial charge < -0.3 is 9.64 Å². The van der Waals surface area contributed by atoms with E-state index in [9.17, 15) is 4.79 Å². The summed E-state index contributed by atoms with van der Waals surface area (Å²) in [5.74, 6) is -0.0771. The van der Waals surface area contributed by atoms with Gasteiger partial charge in [0.25, 0.3) is 5.91 Å². The van der Waals surface area contributed by atoms with E-state index < -0.39 is 0 Å². The molecule has 2 rings (SSSR count). The smallest absolute Gasteiger partial charge is 0.254 e. The van der Waals surface area contributed by atoms with Crippen molar-refractivity contribution in [3.63, 3.8) is 0 Å². The van der Waals surface area contributed by atoms with E-state index in [1.807, 2.05) is 0 Å². The van der Waals surface area contributed by atoms with Crippen LogP contribution in [0.25, 0.3) is 0 Å². The maximum absolute atomic E-state index is 12.3. The van der Waals surface area contributed by atoms with Crippen LogP contribution >= 0.6 is 0 Å². The summed E-state index contributed by atoms with van der Waals surface area (Å²) in [7, 11) is 0. The van der Waals surface area contributed by atoms with Crippen molar-refractivity contribution in [1.82, 2.24) is 4.90 Å². The molecule has 7 heteroatoms. The van der Waals surface area contributed by atoms with E-state index in [1.54, 1.807) is 41.3 Å². The number of carbonyl (C=O) groups excluding carboxylic acids is 1. The van der Waals surface area contributed by atoms with E-state index in [0.717, 1.165) is 0 Å². The number of hydrazone groups is 1. The number of hydrogen-bond acceptors (Lipinski definition) is 6. The zero-order valence-electron chi connectivity index (χ0n) is 11.2. The first kappa shape index (κ1) is 14.5. The Hall–Kier alpha value is -2.90. The quantitative estimate of drug-likeness (QED) is 0.658. The van der Waals surface area contributed by atoms with Gasteiger partial charge in [-0.25, -0.2) is 0 Å². The van der Waals surface area contributed by atoms with E-state index >= 15 is 0 Å². The minimum absolute atomic E-state index is 0.0771. The Morgan fingerprint density at radius 3 is 2.67 bits per heavy atom. The van der Waals surface area contributed by atoms with Gasteiger partial charge in [0.15, 0.2) is 0 Å². The normalized spacial score (nSPS) is 13.7. The van der Waals surface area contributed by atoms with Crippen molar-refractivity contribution in [2.75, 3.05) is 31.7 Å². The summed E-state index contributed by atoms with van der Waals surface area (Å²) in [6.45, 7) is 2.23. The molecular weight excluding hydrogens is 270 g/mol. The van der Waals surface area contributed by atoms with Gasteiger partial charge in [-0.1, -0.05) is 6.07 Å². The fraction of sp³-hybridized carbons (Fsp3) is 0.286. The molecule has 1 N–H and O–H groups in total. The van der Waals surface area contributed by atoms with Crippen LogP contribution < -0.4 is 5.43 Å². The third-order valence-electron chi connectivity index (χ3n) is 2.92. The topological polar surface area (TPSA) is 102 Å². The summed E-state index contributed by atoms with van der Waals surface area (Å²) >= 11 is 0. The lowest BCUT2D eigenvalue weighted by atomic mass is 10.1. The Balaban J connectivity index is 2.10. The molecule has 1 aromatic rings. The molecule has 1 amide bonds. The maximum atomic E-state index is 12.3. The van der Waals surface area contributed by atoms with Crippen LogP contribution in [0.5, 0.6) is 0 Å². The van der Waals surface area contributed by atoms with E-state index in [4.69, 9.17) is 15.3 Å². The molecule has 0 radical (unpaired) electrons. The first-order valence-electron chi connectivity index (χ1n) is 6.35. The predicted molar refractivity (Wildman–Crippen MR) is 75.4 cm³/mol. The van der Waals surface area contributed by atoms with Gasteiger partial charge in [0.05, 0.1) is 18.9 Å². The summed E-state index contributed by atoms with van der Waals surface area (Å²) in [5, 5.41) is 20.8. The summed E-state index contributed by atoms with van der Waals surface area (Å²) < 4.78 is 5.21. The molecule has 1 aromatic carbocycles. The Morgan fingerprint density at radius 2 is 2.00 bits per heavy atom. The second-order valence-corrected chi connectivity index (χ2v) is 4.28. The molecule has 0 atom stereocenters. The average molecular weight is 283 g/mol. The van der Waals surface area contributed by atoms with Gasteiger partial charge in [0.1, 0.15) is 12.1 Å². The predicted octanol–water partition coefficient (Wildman–Crippen LogP) is 0.974. The monoisotopic (exact) mass is 283 g/mol.